The average Bonchev–Trinajstić information content (AvgIpc) is 2.45. The van der Waals surface area contributed by atoms with Gasteiger partial charge in [-0.2, -0.15) is 0 Å². The maximum atomic E-state index is 11.8. The molecule has 0 bridgehead atoms. The Morgan fingerprint density at radius 1 is 1.19 bits per heavy atom. The minimum Gasteiger partial charge on any atom is -0.354 e. The van der Waals surface area contributed by atoms with Gasteiger partial charge in [0.1, 0.15) is 0 Å². The van der Waals surface area contributed by atoms with Gasteiger partial charge in [-0.25, -0.2) is 0 Å². The van der Waals surface area contributed by atoms with E-state index in [4.69, 9.17) is 0 Å². The molecule has 0 fully saturated rings. The van der Waals surface area contributed by atoms with Crippen LogP contribution < -0.4 is 5.32 Å². The Morgan fingerprint density at radius 3 is 2.43 bits per heavy atom. The minimum atomic E-state index is -0.0846. The van der Waals surface area contributed by atoms with Crippen LogP contribution in [0.25, 0.3) is 0 Å². The van der Waals surface area contributed by atoms with E-state index in [-0.39, 0.29) is 18.4 Å². The highest BCUT2D eigenvalue weighted by atomic mass is 16.2. The molecule has 4 heteroatoms. The normalized spacial score (nSPS) is 10.5. The third-order valence-electron chi connectivity index (χ3n) is 3.22. The molecule has 0 atom stereocenters. The zero-order valence-electron chi connectivity index (χ0n) is 13.3. The summed E-state index contributed by atoms with van der Waals surface area (Å²) in [5.41, 5.74) is 1.25. The van der Waals surface area contributed by atoms with E-state index in [1.54, 1.807) is 4.90 Å². The Balaban J connectivity index is 2.36. The van der Waals surface area contributed by atoms with Crippen LogP contribution in [-0.2, 0) is 16.0 Å². The molecule has 1 aromatic carbocycles. The number of rotatable bonds is 8. The van der Waals surface area contributed by atoms with Crippen molar-refractivity contribution in [2.24, 2.45) is 5.92 Å². The Labute approximate surface area is 127 Å². The van der Waals surface area contributed by atoms with Crippen LogP contribution in [0.5, 0.6) is 0 Å². The van der Waals surface area contributed by atoms with E-state index in [1.165, 1.54) is 12.5 Å². The smallest absolute Gasteiger partial charge is 0.239 e. The van der Waals surface area contributed by atoms with Gasteiger partial charge in [0.25, 0.3) is 0 Å². The summed E-state index contributed by atoms with van der Waals surface area (Å²) in [7, 11) is 0. The predicted octanol–water partition coefficient (Wildman–Crippen LogP) is 2.24. The molecular weight excluding hydrogens is 264 g/mol. The van der Waals surface area contributed by atoms with Crippen molar-refractivity contribution in [3.05, 3.63) is 35.9 Å². The molecule has 0 radical (unpaired) electrons. The lowest BCUT2D eigenvalue weighted by atomic mass is 10.1. The number of aryl methyl sites for hydroxylation is 1. The summed E-state index contributed by atoms with van der Waals surface area (Å²) in [6.07, 6.45) is 1.78. The van der Waals surface area contributed by atoms with Crippen LogP contribution in [0.3, 0.4) is 0 Å². The largest absolute Gasteiger partial charge is 0.354 e. The molecule has 0 unspecified atom stereocenters. The summed E-state index contributed by atoms with van der Waals surface area (Å²) in [6.45, 7) is 7.01. The number of carbonyl (C=O) groups excluding carboxylic acids is 2. The second kappa shape index (κ2) is 9.16. The van der Waals surface area contributed by atoms with Crippen molar-refractivity contribution < 1.29 is 9.59 Å². The third-order valence-corrected chi connectivity index (χ3v) is 3.22. The van der Waals surface area contributed by atoms with Crippen molar-refractivity contribution in [2.75, 3.05) is 19.6 Å². The van der Waals surface area contributed by atoms with Crippen LogP contribution in [0.15, 0.2) is 30.3 Å². The Hall–Kier alpha value is -1.84. The number of benzene rings is 1. The van der Waals surface area contributed by atoms with Gasteiger partial charge in [-0.1, -0.05) is 44.2 Å². The zero-order chi connectivity index (χ0) is 15.7. The molecule has 21 heavy (non-hydrogen) atoms. The van der Waals surface area contributed by atoms with E-state index in [2.05, 4.69) is 17.4 Å². The molecule has 0 aromatic heterocycles. The van der Waals surface area contributed by atoms with Crippen LogP contribution in [0.2, 0.25) is 0 Å². The molecule has 1 rings (SSSR count). The average molecular weight is 290 g/mol. The summed E-state index contributed by atoms with van der Waals surface area (Å²) in [6, 6.07) is 10.2. The molecule has 0 spiro atoms. The van der Waals surface area contributed by atoms with Gasteiger partial charge in [0.15, 0.2) is 0 Å². The number of carbonyl (C=O) groups is 2. The number of nitrogens with one attached hydrogen (secondary N) is 1. The van der Waals surface area contributed by atoms with Crippen LogP contribution in [-0.4, -0.2) is 36.3 Å². The van der Waals surface area contributed by atoms with E-state index >= 15 is 0 Å². The summed E-state index contributed by atoms with van der Waals surface area (Å²) in [4.78, 5) is 25.0. The SMILES string of the molecule is CC(=O)N(CCCc1ccccc1)CC(=O)NCC(C)C. The van der Waals surface area contributed by atoms with Crippen molar-refractivity contribution >= 4 is 11.8 Å². The lowest BCUT2D eigenvalue weighted by molar-refractivity contribution is -0.134. The minimum absolute atomic E-state index is 0.0530. The fraction of sp³-hybridized carbons (Fsp3) is 0.529. The Kier molecular flexibility index (Phi) is 7.51. The van der Waals surface area contributed by atoms with Crippen LogP contribution in [0, 0.1) is 5.92 Å². The third kappa shape index (κ3) is 7.49. The van der Waals surface area contributed by atoms with E-state index in [0.717, 1.165) is 12.8 Å². The maximum Gasteiger partial charge on any atom is 0.239 e. The quantitative estimate of drug-likeness (QED) is 0.798. The van der Waals surface area contributed by atoms with Gasteiger partial charge in [0, 0.05) is 20.0 Å². The second-order valence-electron chi connectivity index (χ2n) is 5.73. The number of hydrogen-bond acceptors (Lipinski definition) is 2. The molecule has 0 heterocycles. The molecule has 116 valence electrons. The van der Waals surface area contributed by atoms with E-state index in [1.807, 2.05) is 32.0 Å². The van der Waals surface area contributed by atoms with Crippen molar-refractivity contribution in [2.45, 2.75) is 33.6 Å². The summed E-state index contributed by atoms with van der Waals surface area (Å²) in [5, 5.41) is 2.84. The zero-order valence-corrected chi connectivity index (χ0v) is 13.3. The molecule has 0 aliphatic heterocycles. The van der Waals surface area contributed by atoms with Crippen molar-refractivity contribution in [3.63, 3.8) is 0 Å². The van der Waals surface area contributed by atoms with E-state index in [0.29, 0.717) is 19.0 Å². The topological polar surface area (TPSA) is 49.4 Å². The fourth-order valence-electron chi connectivity index (χ4n) is 2.01. The van der Waals surface area contributed by atoms with Crippen LogP contribution in [0.1, 0.15) is 32.8 Å². The summed E-state index contributed by atoms with van der Waals surface area (Å²) >= 11 is 0. The number of amides is 2. The van der Waals surface area contributed by atoms with Crippen LogP contribution in [0.4, 0.5) is 0 Å². The van der Waals surface area contributed by atoms with Gasteiger partial charge in [0.05, 0.1) is 6.54 Å². The fourth-order valence-corrected chi connectivity index (χ4v) is 2.01. The first kappa shape index (κ1) is 17.2. The molecule has 0 aliphatic carbocycles. The van der Waals surface area contributed by atoms with Gasteiger partial charge in [-0.05, 0) is 24.3 Å². The first-order valence-corrected chi connectivity index (χ1v) is 7.55. The first-order valence-electron chi connectivity index (χ1n) is 7.55. The monoisotopic (exact) mass is 290 g/mol. The summed E-state index contributed by atoms with van der Waals surface area (Å²) < 4.78 is 0. The van der Waals surface area contributed by atoms with Crippen molar-refractivity contribution in [3.8, 4) is 0 Å². The van der Waals surface area contributed by atoms with E-state index in [9.17, 15) is 9.59 Å². The molecule has 1 aromatic rings. The lowest BCUT2D eigenvalue weighted by Gasteiger charge is -2.20. The maximum absolute atomic E-state index is 11.8. The standard InChI is InChI=1S/C17H26N2O2/c1-14(2)12-18-17(21)13-19(15(3)20)11-7-10-16-8-5-4-6-9-16/h4-6,8-9,14H,7,10-13H2,1-3H3,(H,18,21). The highest BCUT2D eigenvalue weighted by Crippen LogP contribution is 2.04. The number of hydrogen-bond donors (Lipinski definition) is 1. The lowest BCUT2D eigenvalue weighted by Crippen LogP contribution is -2.41. The van der Waals surface area contributed by atoms with E-state index < -0.39 is 0 Å². The van der Waals surface area contributed by atoms with Crippen molar-refractivity contribution in [1.82, 2.24) is 10.2 Å². The molecule has 4 nitrogen and oxygen atoms in total. The van der Waals surface area contributed by atoms with Gasteiger partial charge < -0.3 is 10.2 Å². The molecule has 0 saturated carbocycles. The molecule has 1 N–H and O–H groups in total. The Morgan fingerprint density at radius 2 is 1.86 bits per heavy atom. The van der Waals surface area contributed by atoms with Gasteiger partial charge >= 0.3 is 0 Å². The molecule has 2 amide bonds. The first-order chi connectivity index (χ1) is 9.99. The number of nitrogens with zero attached hydrogens (tertiary/aromatic N) is 1. The molecular formula is C17H26N2O2. The van der Waals surface area contributed by atoms with Crippen molar-refractivity contribution in [1.29, 1.82) is 0 Å². The molecule has 0 saturated heterocycles. The highest BCUT2D eigenvalue weighted by Gasteiger charge is 2.13. The summed E-state index contributed by atoms with van der Waals surface area (Å²) in [5.74, 6) is 0.277. The Bertz CT molecular complexity index is 443. The highest BCUT2D eigenvalue weighted by molar-refractivity contribution is 5.83. The van der Waals surface area contributed by atoms with Gasteiger partial charge in [-0.3, -0.25) is 9.59 Å². The molecule has 0 aliphatic rings. The van der Waals surface area contributed by atoms with Gasteiger partial charge in [-0.15, -0.1) is 0 Å². The predicted molar refractivity (Wildman–Crippen MR) is 84.9 cm³/mol. The van der Waals surface area contributed by atoms with Gasteiger partial charge in [0.2, 0.25) is 11.8 Å². The van der Waals surface area contributed by atoms with Crippen LogP contribution >= 0.6 is 0 Å². The second-order valence-corrected chi connectivity index (χ2v) is 5.73.